The molecule has 0 saturated heterocycles. The second-order valence-electron chi connectivity index (χ2n) is 10.8. The molecule has 2 heterocycles. The molecule has 7 heteroatoms. The summed E-state index contributed by atoms with van der Waals surface area (Å²) in [5, 5.41) is 14.8. The Morgan fingerprint density at radius 2 is 1.75 bits per heavy atom. The monoisotopic (exact) mass is 534 g/mol. The first kappa shape index (κ1) is 27.1. The van der Waals surface area contributed by atoms with E-state index in [-0.39, 0.29) is 23.6 Å². The molecule has 3 aromatic rings. The Morgan fingerprint density at radius 3 is 2.40 bits per heavy atom. The molecule has 2 aliphatic rings. The molecule has 0 spiro atoms. The van der Waals surface area contributed by atoms with Gasteiger partial charge in [-0.25, -0.2) is 4.68 Å². The number of nitrogens with zero attached hydrogens (tertiary/aromatic N) is 4. The van der Waals surface area contributed by atoms with Crippen molar-refractivity contribution < 1.29 is 14.3 Å². The van der Waals surface area contributed by atoms with Crippen molar-refractivity contribution in [3.63, 3.8) is 0 Å². The summed E-state index contributed by atoms with van der Waals surface area (Å²) in [5.41, 5.74) is 4.98. The molecule has 0 bridgehead atoms. The zero-order valence-electron chi connectivity index (χ0n) is 23.5. The summed E-state index contributed by atoms with van der Waals surface area (Å²) < 4.78 is 7.68. The van der Waals surface area contributed by atoms with Crippen LogP contribution in [0.5, 0.6) is 5.75 Å². The topological polar surface area (TPSA) is 88.2 Å². The number of rotatable bonds is 6. The van der Waals surface area contributed by atoms with E-state index in [4.69, 9.17) is 9.84 Å². The van der Waals surface area contributed by atoms with Gasteiger partial charge in [-0.1, -0.05) is 37.5 Å². The zero-order chi connectivity index (χ0) is 28.4. The molecule has 5 rings (SSSR count). The standard InChI is InChI=1S/C33H34N4O3/c1-21(2)40-27-15-16-28(22(3)17-27)31-24(20-36(35-31)25-11-7-5-8-12-25)18-29-23(4)30(19-34)33(39)37(32(29)38)26-13-9-6-10-14-26/h5,7-8,11-12,15-18,20-21,26H,6,9-10,13-14H2,1-4H3/b29-18+. The number of aryl methyl sites for hydroxylation is 1. The van der Waals surface area contributed by atoms with Crippen LogP contribution in [0.2, 0.25) is 0 Å². The highest BCUT2D eigenvalue weighted by Gasteiger charge is 2.40. The Kier molecular flexibility index (Phi) is 7.70. The molecule has 7 nitrogen and oxygen atoms in total. The number of imide groups is 1. The molecule has 0 unspecified atom stereocenters. The number of hydrogen-bond donors (Lipinski definition) is 0. The van der Waals surface area contributed by atoms with Crippen LogP contribution in [0.1, 0.15) is 64.0 Å². The van der Waals surface area contributed by atoms with E-state index < -0.39 is 5.91 Å². The first-order valence-electron chi connectivity index (χ1n) is 13.9. The van der Waals surface area contributed by atoms with Gasteiger partial charge in [0.25, 0.3) is 11.8 Å². The van der Waals surface area contributed by atoms with Crippen molar-refractivity contribution in [3.8, 4) is 28.8 Å². The summed E-state index contributed by atoms with van der Waals surface area (Å²) >= 11 is 0. The SMILES string of the molecule is CC1=C(C#N)C(=O)N(C2CCCCC2)C(=O)/C1=C/c1cn(-c2ccccc2)nc1-c1ccc(OC(C)C)cc1C. The van der Waals surface area contributed by atoms with Crippen molar-refractivity contribution in [2.45, 2.75) is 71.9 Å². The van der Waals surface area contributed by atoms with Crippen LogP contribution < -0.4 is 4.74 Å². The van der Waals surface area contributed by atoms with Gasteiger partial charge in [-0.15, -0.1) is 0 Å². The van der Waals surface area contributed by atoms with Gasteiger partial charge in [0.05, 0.1) is 11.8 Å². The quantitative estimate of drug-likeness (QED) is 0.264. The van der Waals surface area contributed by atoms with E-state index in [1.54, 1.807) is 17.7 Å². The molecule has 0 atom stereocenters. The van der Waals surface area contributed by atoms with E-state index in [1.807, 2.05) is 75.5 Å². The van der Waals surface area contributed by atoms with Gasteiger partial charge in [0.1, 0.15) is 23.1 Å². The first-order chi connectivity index (χ1) is 19.3. The minimum absolute atomic E-state index is 0.0276. The molecular weight excluding hydrogens is 500 g/mol. The molecule has 40 heavy (non-hydrogen) atoms. The molecule has 2 aromatic carbocycles. The Morgan fingerprint density at radius 1 is 1.02 bits per heavy atom. The maximum atomic E-state index is 13.9. The van der Waals surface area contributed by atoms with E-state index in [0.717, 1.165) is 60.2 Å². The maximum Gasteiger partial charge on any atom is 0.271 e. The number of carbonyl (C=O) groups is 2. The average Bonchev–Trinajstić information content (AvgIpc) is 3.36. The third kappa shape index (κ3) is 5.22. The molecular formula is C33H34N4O3. The fourth-order valence-electron chi connectivity index (χ4n) is 5.59. The lowest BCUT2D eigenvalue weighted by atomic mass is 9.88. The molecule has 1 aliphatic heterocycles. The van der Waals surface area contributed by atoms with Gasteiger partial charge in [0, 0.05) is 28.9 Å². The van der Waals surface area contributed by atoms with E-state index >= 15 is 0 Å². The van der Waals surface area contributed by atoms with Crippen LogP contribution in [0.25, 0.3) is 23.0 Å². The second-order valence-corrected chi connectivity index (χ2v) is 10.8. The predicted octanol–water partition coefficient (Wildman–Crippen LogP) is 6.56. The van der Waals surface area contributed by atoms with E-state index in [1.165, 1.54) is 4.90 Å². The third-order valence-corrected chi connectivity index (χ3v) is 7.60. The molecule has 1 fully saturated rings. The Hall–Kier alpha value is -4.44. The summed E-state index contributed by atoms with van der Waals surface area (Å²) in [6, 6.07) is 17.6. The summed E-state index contributed by atoms with van der Waals surface area (Å²) in [4.78, 5) is 28.5. The van der Waals surface area contributed by atoms with Crippen LogP contribution in [0.15, 0.2) is 71.4 Å². The lowest BCUT2D eigenvalue weighted by Gasteiger charge is -2.36. The van der Waals surface area contributed by atoms with Crippen molar-refractivity contribution in [2.75, 3.05) is 0 Å². The summed E-state index contributed by atoms with van der Waals surface area (Å²) in [6.07, 6.45) is 8.30. The van der Waals surface area contributed by atoms with Crippen molar-refractivity contribution in [2.24, 2.45) is 0 Å². The van der Waals surface area contributed by atoms with E-state index in [0.29, 0.717) is 16.8 Å². The highest BCUT2D eigenvalue weighted by Crippen LogP contribution is 2.35. The predicted molar refractivity (Wildman–Crippen MR) is 155 cm³/mol. The normalized spacial score (nSPS) is 17.6. The Balaban J connectivity index is 1.66. The van der Waals surface area contributed by atoms with Crippen molar-refractivity contribution >= 4 is 17.9 Å². The number of carbonyl (C=O) groups excluding carboxylic acids is 2. The number of nitriles is 1. The molecule has 204 valence electrons. The van der Waals surface area contributed by atoms with Crippen LogP contribution in [0, 0.1) is 18.3 Å². The van der Waals surface area contributed by atoms with Gasteiger partial charge in [0.15, 0.2) is 0 Å². The number of hydrogen-bond acceptors (Lipinski definition) is 5. The smallest absolute Gasteiger partial charge is 0.271 e. The maximum absolute atomic E-state index is 13.9. The highest BCUT2D eigenvalue weighted by molar-refractivity contribution is 6.20. The largest absolute Gasteiger partial charge is 0.491 e. The molecule has 2 amide bonds. The van der Waals surface area contributed by atoms with E-state index in [9.17, 15) is 14.9 Å². The fraction of sp³-hybridized carbons (Fsp3) is 0.333. The lowest BCUT2D eigenvalue weighted by Crippen LogP contribution is -2.49. The van der Waals surface area contributed by atoms with Crippen LogP contribution >= 0.6 is 0 Å². The van der Waals surface area contributed by atoms with E-state index in [2.05, 4.69) is 6.07 Å². The fourth-order valence-corrected chi connectivity index (χ4v) is 5.59. The third-order valence-electron chi connectivity index (χ3n) is 7.60. The van der Waals surface area contributed by atoms with Crippen molar-refractivity contribution in [1.29, 1.82) is 5.26 Å². The van der Waals surface area contributed by atoms with Crippen LogP contribution in [-0.2, 0) is 9.59 Å². The summed E-state index contributed by atoms with van der Waals surface area (Å²) in [6.45, 7) is 7.67. The zero-order valence-corrected chi connectivity index (χ0v) is 23.5. The minimum atomic E-state index is -0.481. The van der Waals surface area contributed by atoms with Gasteiger partial charge in [0.2, 0.25) is 0 Å². The number of ether oxygens (including phenoxy) is 1. The lowest BCUT2D eigenvalue weighted by molar-refractivity contribution is -0.143. The number of amides is 2. The molecule has 1 saturated carbocycles. The number of benzene rings is 2. The minimum Gasteiger partial charge on any atom is -0.491 e. The molecule has 1 aliphatic carbocycles. The molecule has 1 aromatic heterocycles. The summed E-state index contributed by atoms with van der Waals surface area (Å²) in [5.74, 6) is -0.0461. The van der Waals surface area contributed by atoms with Crippen LogP contribution in [0.3, 0.4) is 0 Å². The van der Waals surface area contributed by atoms with Gasteiger partial charge in [-0.3, -0.25) is 14.5 Å². The van der Waals surface area contributed by atoms with Crippen molar-refractivity contribution in [3.05, 3.63) is 82.6 Å². The van der Waals surface area contributed by atoms with Gasteiger partial charge >= 0.3 is 0 Å². The highest BCUT2D eigenvalue weighted by atomic mass is 16.5. The molecule has 0 N–H and O–H groups in total. The Labute approximate surface area is 235 Å². The van der Waals surface area contributed by atoms with Gasteiger partial charge in [-0.05, 0) is 88.1 Å². The van der Waals surface area contributed by atoms with Crippen molar-refractivity contribution in [1.82, 2.24) is 14.7 Å². The average molecular weight is 535 g/mol. The first-order valence-corrected chi connectivity index (χ1v) is 13.9. The molecule has 0 radical (unpaired) electrons. The van der Waals surface area contributed by atoms with Crippen LogP contribution in [0.4, 0.5) is 0 Å². The van der Waals surface area contributed by atoms with Crippen LogP contribution in [-0.4, -0.2) is 38.6 Å². The summed E-state index contributed by atoms with van der Waals surface area (Å²) in [7, 11) is 0. The second kappa shape index (κ2) is 11.4. The van der Waals surface area contributed by atoms with Gasteiger partial charge < -0.3 is 4.74 Å². The number of aromatic nitrogens is 2. The Bertz CT molecular complexity index is 1550. The van der Waals surface area contributed by atoms with Gasteiger partial charge in [-0.2, -0.15) is 10.4 Å². The number of para-hydroxylation sites is 1.